The van der Waals surface area contributed by atoms with E-state index in [1.54, 1.807) is 32.4 Å². The van der Waals surface area contributed by atoms with Crippen LogP contribution in [0.4, 0.5) is 21.5 Å². The van der Waals surface area contributed by atoms with E-state index < -0.39 is 0 Å². The molecule has 0 aromatic heterocycles. The number of benzene rings is 2. The highest BCUT2D eigenvalue weighted by molar-refractivity contribution is 9.10. The van der Waals surface area contributed by atoms with E-state index in [9.17, 15) is 4.39 Å². The Kier molecular flexibility index (Phi) is 4.34. The van der Waals surface area contributed by atoms with Crippen LogP contribution in [-0.4, -0.2) is 14.2 Å². The molecule has 20 heavy (non-hydrogen) atoms. The minimum absolute atomic E-state index is 0.327. The summed E-state index contributed by atoms with van der Waals surface area (Å²) < 4.78 is 24.2. The molecule has 0 aliphatic heterocycles. The molecular weight excluding hydrogens is 327 g/mol. The van der Waals surface area contributed by atoms with Gasteiger partial charge < -0.3 is 20.5 Å². The van der Waals surface area contributed by atoms with Crippen LogP contribution in [0.5, 0.6) is 11.5 Å². The molecule has 4 nitrogen and oxygen atoms in total. The molecule has 0 saturated carbocycles. The molecule has 0 amide bonds. The van der Waals surface area contributed by atoms with Gasteiger partial charge in [-0.25, -0.2) is 4.39 Å². The topological polar surface area (TPSA) is 56.5 Å². The van der Waals surface area contributed by atoms with Crippen LogP contribution in [-0.2, 0) is 0 Å². The molecule has 0 unspecified atom stereocenters. The van der Waals surface area contributed by atoms with Crippen LogP contribution >= 0.6 is 15.9 Å². The number of methoxy groups -OCH3 is 2. The Balaban J connectivity index is 2.33. The highest BCUT2D eigenvalue weighted by Crippen LogP contribution is 2.33. The first-order valence-corrected chi connectivity index (χ1v) is 6.58. The van der Waals surface area contributed by atoms with Gasteiger partial charge in [-0.15, -0.1) is 0 Å². The van der Waals surface area contributed by atoms with Crippen molar-refractivity contribution in [3.8, 4) is 11.5 Å². The Hall–Kier alpha value is -1.95. The zero-order chi connectivity index (χ0) is 14.7. The lowest BCUT2D eigenvalue weighted by Gasteiger charge is -2.13. The molecule has 0 aliphatic carbocycles. The van der Waals surface area contributed by atoms with Crippen molar-refractivity contribution in [2.45, 2.75) is 0 Å². The molecule has 0 fully saturated rings. The van der Waals surface area contributed by atoms with Crippen molar-refractivity contribution < 1.29 is 13.9 Å². The summed E-state index contributed by atoms with van der Waals surface area (Å²) in [6.07, 6.45) is 0. The second-order valence-corrected chi connectivity index (χ2v) is 4.90. The van der Waals surface area contributed by atoms with Crippen LogP contribution < -0.4 is 20.5 Å². The number of ether oxygens (including phenoxy) is 2. The molecule has 0 bridgehead atoms. The Morgan fingerprint density at radius 3 is 2.45 bits per heavy atom. The Morgan fingerprint density at radius 2 is 1.80 bits per heavy atom. The quantitative estimate of drug-likeness (QED) is 0.828. The molecule has 2 aromatic rings. The van der Waals surface area contributed by atoms with Crippen molar-refractivity contribution in [2.24, 2.45) is 0 Å². The maximum Gasteiger partial charge on any atom is 0.162 e. The molecule has 6 heteroatoms. The molecule has 0 aliphatic rings. The fourth-order valence-electron chi connectivity index (χ4n) is 1.74. The summed E-state index contributed by atoms with van der Waals surface area (Å²) in [7, 11) is 3.11. The third kappa shape index (κ3) is 2.96. The van der Waals surface area contributed by atoms with Gasteiger partial charge in [-0.3, -0.25) is 0 Å². The molecule has 0 radical (unpaired) electrons. The van der Waals surface area contributed by atoms with E-state index in [-0.39, 0.29) is 5.82 Å². The van der Waals surface area contributed by atoms with Crippen LogP contribution in [0.2, 0.25) is 0 Å². The fraction of sp³-hybridized carbons (Fsp3) is 0.143. The Bertz CT molecular complexity index is 635. The van der Waals surface area contributed by atoms with Crippen LogP contribution in [0.15, 0.2) is 34.8 Å². The first-order valence-electron chi connectivity index (χ1n) is 5.78. The second kappa shape index (κ2) is 6.00. The second-order valence-electron chi connectivity index (χ2n) is 4.05. The molecular formula is C14H14BrFN2O2. The number of nitrogen functional groups attached to an aromatic ring is 1. The number of hydrogen-bond donors (Lipinski definition) is 2. The smallest absolute Gasteiger partial charge is 0.162 e. The van der Waals surface area contributed by atoms with E-state index in [0.29, 0.717) is 27.3 Å². The van der Waals surface area contributed by atoms with Crippen LogP contribution in [0, 0.1) is 5.82 Å². The first kappa shape index (κ1) is 14.5. The van der Waals surface area contributed by atoms with Gasteiger partial charge in [0, 0.05) is 17.8 Å². The largest absolute Gasteiger partial charge is 0.493 e. The number of halogens is 2. The average molecular weight is 341 g/mol. The molecule has 3 N–H and O–H groups in total. The lowest BCUT2D eigenvalue weighted by atomic mass is 10.2. The highest BCUT2D eigenvalue weighted by Gasteiger charge is 2.08. The third-order valence-electron chi connectivity index (χ3n) is 2.75. The zero-order valence-electron chi connectivity index (χ0n) is 11.0. The lowest BCUT2D eigenvalue weighted by Crippen LogP contribution is -1.99. The van der Waals surface area contributed by atoms with Gasteiger partial charge in [-0.1, -0.05) is 0 Å². The maximum absolute atomic E-state index is 13.5. The predicted octanol–water partition coefficient (Wildman–Crippen LogP) is 3.93. The maximum atomic E-state index is 13.5. The van der Waals surface area contributed by atoms with Crippen molar-refractivity contribution in [1.29, 1.82) is 0 Å². The summed E-state index contributed by atoms with van der Waals surface area (Å²) in [4.78, 5) is 0. The van der Waals surface area contributed by atoms with Gasteiger partial charge in [-0.2, -0.15) is 0 Å². The fourth-order valence-corrected chi connectivity index (χ4v) is 2.10. The van der Waals surface area contributed by atoms with Crippen LogP contribution in [0.3, 0.4) is 0 Å². The molecule has 106 valence electrons. The van der Waals surface area contributed by atoms with Crippen molar-refractivity contribution in [2.75, 3.05) is 25.3 Å². The normalized spacial score (nSPS) is 10.2. The summed E-state index contributed by atoms with van der Waals surface area (Å²) in [5.41, 5.74) is 7.49. The van der Waals surface area contributed by atoms with Gasteiger partial charge in [0.15, 0.2) is 11.5 Å². The monoisotopic (exact) mass is 340 g/mol. The minimum atomic E-state index is -0.387. The van der Waals surface area contributed by atoms with E-state index in [2.05, 4.69) is 21.2 Å². The van der Waals surface area contributed by atoms with Gasteiger partial charge >= 0.3 is 0 Å². The molecule has 0 atom stereocenters. The van der Waals surface area contributed by atoms with Gasteiger partial charge in [0.1, 0.15) is 5.82 Å². The standard InChI is InChI=1S/C14H14BrFN2O2/c1-19-13-4-3-8(5-14(13)20-2)18-12-7-10(16)9(15)6-11(12)17/h3-7,18H,17H2,1-2H3. The van der Waals surface area contributed by atoms with Gasteiger partial charge in [0.2, 0.25) is 0 Å². The summed E-state index contributed by atoms with van der Waals surface area (Å²) in [6.45, 7) is 0. The van der Waals surface area contributed by atoms with Crippen molar-refractivity contribution in [3.63, 3.8) is 0 Å². The number of nitrogens with one attached hydrogen (secondary N) is 1. The Morgan fingerprint density at radius 1 is 1.10 bits per heavy atom. The lowest BCUT2D eigenvalue weighted by molar-refractivity contribution is 0.355. The van der Waals surface area contributed by atoms with Crippen LogP contribution in [0.25, 0.3) is 0 Å². The average Bonchev–Trinajstić information content (AvgIpc) is 2.44. The summed E-state index contributed by atoms with van der Waals surface area (Å²) in [5, 5.41) is 3.04. The van der Waals surface area contributed by atoms with Gasteiger partial charge in [0.05, 0.1) is 30.1 Å². The van der Waals surface area contributed by atoms with E-state index >= 15 is 0 Å². The van der Waals surface area contributed by atoms with Crippen molar-refractivity contribution in [1.82, 2.24) is 0 Å². The number of hydrogen-bond acceptors (Lipinski definition) is 4. The molecule has 0 saturated heterocycles. The first-order chi connectivity index (χ1) is 9.55. The SMILES string of the molecule is COc1ccc(Nc2cc(F)c(Br)cc2N)cc1OC. The van der Waals surface area contributed by atoms with E-state index in [1.807, 2.05) is 0 Å². The van der Waals surface area contributed by atoms with Crippen molar-refractivity contribution >= 4 is 33.0 Å². The van der Waals surface area contributed by atoms with E-state index in [4.69, 9.17) is 15.2 Å². The van der Waals surface area contributed by atoms with E-state index in [0.717, 1.165) is 5.69 Å². The minimum Gasteiger partial charge on any atom is -0.493 e. The summed E-state index contributed by atoms with van der Waals surface area (Å²) in [5.74, 6) is 0.809. The molecule has 0 spiro atoms. The van der Waals surface area contributed by atoms with Gasteiger partial charge in [0.25, 0.3) is 0 Å². The zero-order valence-corrected chi connectivity index (χ0v) is 12.6. The Labute approximate surface area is 124 Å². The molecule has 2 aromatic carbocycles. The number of nitrogens with two attached hydrogens (primary N) is 1. The third-order valence-corrected chi connectivity index (χ3v) is 3.36. The number of rotatable bonds is 4. The highest BCUT2D eigenvalue weighted by atomic mass is 79.9. The van der Waals surface area contributed by atoms with E-state index in [1.165, 1.54) is 12.1 Å². The van der Waals surface area contributed by atoms with Crippen molar-refractivity contribution in [3.05, 3.63) is 40.6 Å². The molecule has 0 heterocycles. The number of anilines is 3. The summed E-state index contributed by atoms with van der Waals surface area (Å²) >= 11 is 3.09. The summed E-state index contributed by atoms with van der Waals surface area (Å²) in [6, 6.07) is 8.14. The molecule has 2 rings (SSSR count). The predicted molar refractivity (Wildman–Crippen MR) is 81.3 cm³/mol. The van der Waals surface area contributed by atoms with Crippen LogP contribution in [0.1, 0.15) is 0 Å². The van der Waals surface area contributed by atoms with Gasteiger partial charge in [-0.05, 0) is 34.1 Å².